The van der Waals surface area contributed by atoms with Crippen LogP contribution < -0.4 is 10.6 Å². The van der Waals surface area contributed by atoms with Crippen LogP contribution in [-0.4, -0.2) is 30.3 Å². The Hall–Kier alpha value is -1.89. The molecular formula is C16H17F4N3. The molecule has 2 aromatic rings. The molecule has 3 rings (SSSR count). The Kier molecular flexibility index (Phi) is 3.91. The quantitative estimate of drug-likeness (QED) is 0.816. The van der Waals surface area contributed by atoms with Gasteiger partial charge in [-0.1, -0.05) is 0 Å². The van der Waals surface area contributed by atoms with E-state index in [9.17, 15) is 17.6 Å². The number of anilines is 1. The van der Waals surface area contributed by atoms with Gasteiger partial charge < -0.3 is 10.6 Å². The van der Waals surface area contributed by atoms with Gasteiger partial charge in [0.05, 0.1) is 11.4 Å². The summed E-state index contributed by atoms with van der Waals surface area (Å²) in [5.74, 6) is -1.99. The number of pyridine rings is 1. The molecule has 2 atom stereocenters. The Morgan fingerprint density at radius 2 is 2.04 bits per heavy atom. The predicted octanol–water partition coefficient (Wildman–Crippen LogP) is 3.40. The molecule has 23 heavy (non-hydrogen) atoms. The lowest BCUT2D eigenvalue weighted by atomic mass is 9.93. The summed E-state index contributed by atoms with van der Waals surface area (Å²) in [5, 5.41) is 0.640. The van der Waals surface area contributed by atoms with Gasteiger partial charge in [0.2, 0.25) is 0 Å². The van der Waals surface area contributed by atoms with Gasteiger partial charge in [-0.2, -0.15) is 13.2 Å². The first-order valence-electron chi connectivity index (χ1n) is 7.38. The largest absolute Gasteiger partial charge is 0.393 e. The van der Waals surface area contributed by atoms with Gasteiger partial charge in [0, 0.05) is 42.0 Å². The maximum atomic E-state index is 14.2. The first-order chi connectivity index (χ1) is 10.8. The minimum absolute atomic E-state index is 0.107. The second-order valence-corrected chi connectivity index (χ2v) is 6.04. The van der Waals surface area contributed by atoms with Crippen LogP contribution in [0.4, 0.5) is 23.2 Å². The molecule has 3 nitrogen and oxygen atoms in total. The number of hydrogen-bond acceptors (Lipinski definition) is 3. The molecule has 2 unspecified atom stereocenters. The normalized spacial score (nSPS) is 22.6. The van der Waals surface area contributed by atoms with E-state index in [1.165, 1.54) is 11.0 Å². The first kappa shape index (κ1) is 16.0. The number of hydrogen-bond donors (Lipinski definition) is 1. The minimum Gasteiger partial charge on any atom is -0.369 e. The van der Waals surface area contributed by atoms with Crippen LogP contribution >= 0.6 is 0 Å². The molecule has 1 aliphatic heterocycles. The zero-order valence-electron chi connectivity index (χ0n) is 12.6. The van der Waals surface area contributed by atoms with Crippen LogP contribution in [0.3, 0.4) is 0 Å². The molecule has 1 saturated heterocycles. The average molecular weight is 327 g/mol. The van der Waals surface area contributed by atoms with Gasteiger partial charge in [-0.25, -0.2) is 4.39 Å². The van der Waals surface area contributed by atoms with Crippen LogP contribution in [0.5, 0.6) is 0 Å². The number of aryl methyl sites for hydroxylation is 1. The van der Waals surface area contributed by atoms with Crippen molar-refractivity contribution in [2.75, 3.05) is 18.0 Å². The highest BCUT2D eigenvalue weighted by Gasteiger charge is 2.44. The van der Waals surface area contributed by atoms with E-state index in [1.807, 2.05) is 0 Å². The molecule has 2 N–H and O–H groups in total. The van der Waals surface area contributed by atoms with Crippen LogP contribution in [0.25, 0.3) is 10.9 Å². The fourth-order valence-corrected chi connectivity index (χ4v) is 3.16. The number of piperidine rings is 1. The number of fused-ring (bicyclic) bond motifs is 1. The third kappa shape index (κ3) is 2.97. The Morgan fingerprint density at radius 1 is 1.30 bits per heavy atom. The summed E-state index contributed by atoms with van der Waals surface area (Å²) in [6.45, 7) is 1.65. The lowest BCUT2D eigenvalue weighted by molar-refractivity contribution is -0.177. The molecule has 0 aliphatic carbocycles. The van der Waals surface area contributed by atoms with Crippen molar-refractivity contribution in [3.63, 3.8) is 0 Å². The summed E-state index contributed by atoms with van der Waals surface area (Å²) in [6, 6.07) is 4.11. The smallest absolute Gasteiger partial charge is 0.369 e. The van der Waals surface area contributed by atoms with E-state index in [0.29, 0.717) is 22.2 Å². The van der Waals surface area contributed by atoms with E-state index in [2.05, 4.69) is 4.98 Å². The van der Waals surface area contributed by atoms with Crippen molar-refractivity contribution >= 4 is 16.6 Å². The monoisotopic (exact) mass is 327 g/mol. The molecule has 0 radical (unpaired) electrons. The van der Waals surface area contributed by atoms with E-state index in [1.54, 1.807) is 25.3 Å². The van der Waals surface area contributed by atoms with E-state index in [0.717, 1.165) is 0 Å². The van der Waals surface area contributed by atoms with Crippen molar-refractivity contribution in [1.82, 2.24) is 4.98 Å². The Bertz CT molecular complexity index is 729. The number of benzene rings is 1. The van der Waals surface area contributed by atoms with Gasteiger partial charge in [-0.3, -0.25) is 4.98 Å². The summed E-state index contributed by atoms with van der Waals surface area (Å²) in [5.41, 5.74) is 7.08. The number of nitrogens with two attached hydrogens (primary N) is 1. The fourth-order valence-electron chi connectivity index (χ4n) is 3.16. The first-order valence-corrected chi connectivity index (χ1v) is 7.38. The Labute approximate surface area is 131 Å². The van der Waals surface area contributed by atoms with E-state index in [-0.39, 0.29) is 19.5 Å². The summed E-state index contributed by atoms with van der Waals surface area (Å²) in [4.78, 5) is 5.69. The number of rotatable bonds is 1. The topological polar surface area (TPSA) is 42.1 Å². The fraction of sp³-hybridized carbons (Fsp3) is 0.438. The molecule has 2 heterocycles. The van der Waals surface area contributed by atoms with Crippen LogP contribution in [0.15, 0.2) is 24.4 Å². The molecule has 7 heteroatoms. The minimum atomic E-state index is -4.31. The van der Waals surface area contributed by atoms with Gasteiger partial charge in [-0.05, 0) is 31.5 Å². The summed E-state index contributed by atoms with van der Waals surface area (Å²) >= 11 is 0. The highest BCUT2D eigenvalue weighted by atomic mass is 19.4. The second-order valence-electron chi connectivity index (χ2n) is 6.04. The van der Waals surface area contributed by atoms with Gasteiger partial charge in [0.25, 0.3) is 0 Å². The van der Waals surface area contributed by atoms with Crippen molar-refractivity contribution < 1.29 is 17.6 Å². The van der Waals surface area contributed by atoms with Crippen LogP contribution in [-0.2, 0) is 0 Å². The molecule has 124 valence electrons. The highest BCUT2D eigenvalue weighted by molar-refractivity contribution is 5.94. The molecule has 0 bridgehead atoms. The van der Waals surface area contributed by atoms with Crippen molar-refractivity contribution in [3.8, 4) is 0 Å². The standard InChI is InChI=1S/C16H17F4N3/c1-9-13(17)6-14(12-3-2-4-22-15(9)12)23-7-10(16(18,19)20)5-11(21)8-23/h2-4,6,10-11H,5,7-8,21H2,1H3. The SMILES string of the molecule is Cc1c(F)cc(N2CC(N)CC(C(F)(F)F)C2)c2cccnc12. The molecule has 0 saturated carbocycles. The Morgan fingerprint density at radius 3 is 2.74 bits per heavy atom. The van der Waals surface area contributed by atoms with Crippen molar-refractivity contribution in [2.45, 2.75) is 25.6 Å². The maximum absolute atomic E-state index is 14.2. The Balaban J connectivity index is 2.07. The number of alkyl halides is 3. The summed E-state index contributed by atoms with van der Waals surface area (Å²) in [6.07, 6.45) is -2.88. The van der Waals surface area contributed by atoms with Gasteiger partial charge in [-0.15, -0.1) is 0 Å². The van der Waals surface area contributed by atoms with E-state index < -0.39 is 24.0 Å². The van der Waals surface area contributed by atoms with Crippen molar-refractivity contribution in [2.24, 2.45) is 11.7 Å². The van der Waals surface area contributed by atoms with Crippen molar-refractivity contribution in [1.29, 1.82) is 0 Å². The zero-order valence-corrected chi connectivity index (χ0v) is 12.6. The van der Waals surface area contributed by atoms with Crippen LogP contribution in [0, 0.1) is 18.7 Å². The molecule has 1 aromatic heterocycles. The molecule has 0 spiro atoms. The van der Waals surface area contributed by atoms with Gasteiger partial charge in [0.1, 0.15) is 5.82 Å². The van der Waals surface area contributed by atoms with Gasteiger partial charge >= 0.3 is 6.18 Å². The predicted molar refractivity (Wildman–Crippen MR) is 80.8 cm³/mol. The molecular weight excluding hydrogens is 310 g/mol. The molecule has 0 amide bonds. The van der Waals surface area contributed by atoms with Gasteiger partial charge in [0.15, 0.2) is 0 Å². The van der Waals surface area contributed by atoms with Crippen molar-refractivity contribution in [3.05, 3.63) is 35.8 Å². The summed E-state index contributed by atoms with van der Waals surface area (Å²) < 4.78 is 53.4. The lowest BCUT2D eigenvalue weighted by Crippen LogP contribution is -2.51. The zero-order chi connectivity index (χ0) is 16.8. The number of nitrogens with zero attached hydrogens (tertiary/aromatic N) is 2. The maximum Gasteiger partial charge on any atom is 0.393 e. The van der Waals surface area contributed by atoms with E-state index >= 15 is 0 Å². The average Bonchev–Trinajstić information content (AvgIpc) is 2.49. The number of halogens is 4. The van der Waals surface area contributed by atoms with E-state index in [4.69, 9.17) is 5.73 Å². The third-order valence-corrected chi connectivity index (χ3v) is 4.35. The molecule has 1 aromatic carbocycles. The molecule has 1 fully saturated rings. The third-order valence-electron chi connectivity index (χ3n) is 4.35. The highest BCUT2D eigenvalue weighted by Crippen LogP contribution is 2.37. The van der Waals surface area contributed by atoms with Crippen LogP contribution in [0.1, 0.15) is 12.0 Å². The second kappa shape index (κ2) is 5.63. The molecule has 1 aliphatic rings. The lowest BCUT2D eigenvalue weighted by Gasteiger charge is -2.39. The summed E-state index contributed by atoms with van der Waals surface area (Å²) in [7, 11) is 0. The van der Waals surface area contributed by atoms with Crippen LogP contribution in [0.2, 0.25) is 0 Å². The number of aromatic nitrogens is 1.